The van der Waals surface area contributed by atoms with E-state index in [0.717, 1.165) is 22.1 Å². The fraction of sp³-hybridized carbons (Fsp3) is 0.0588. The second-order valence-electron chi connectivity index (χ2n) is 5.12. The van der Waals surface area contributed by atoms with Crippen molar-refractivity contribution in [1.82, 2.24) is 15.0 Å². The zero-order chi connectivity index (χ0) is 16.4. The van der Waals surface area contributed by atoms with E-state index in [2.05, 4.69) is 15.0 Å². The van der Waals surface area contributed by atoms with Crippen LogP contribution >= 0.6 is 0 Å². The number of H-pyrrole nitrogens is 1. The first-order valence-electron chi connectivity index (χ1n) is 6.95. The van der Waals surface area contributed by atoms with Gasteiger partial charge in [0.05, 0.1) is 0 Å². The summed E-state index contributed by atoms with van der Waals surface area (Å²) in [6.07, 6.45) is 9.62. The van der Waals surface area contributed by atoms with E-state index < -0.39 is 5.91 Å². The first-order chi connectivity index (χ1) is 11.0. The molecular weight excluding hydrogens is 292 g/mol. The number of nitrogens with zero attached hydrogens (tertiary/aromatic N) is 2. The molecule has 114 valence electrons. The van der Waals surface area contributed by atoms with Crippen molar-refractivity contribution < 1.29 is 9.59 Å². The molecule has 0 bridgehead atoms. The Balaban J connectivity index is 2.09. The Morgan fingerprint density at radius 2 is 1.96 bits per heavy atom. The SMILES string of the molecule is CC(=O)c1cncc(-c2cnc3[nH]cc(C=CC(N)=O)c3c2)c1. The van der Waals surface area contributed by atoms with Crippen LogP contribution in [-0.4, -0.2) is 26.6 Å². The molecule has 0 saturated heterocycles. The van der Waals surface area contributed by atoms with E-state index >= 15 is 0 Å². The predicted octanol–water partition coefficient (Wildman–Crippen LogP) is 2.33. The van der Waals surface area contributed by atoms with Gasteiger partial charge in [0, 0.05) is 58.5 Å². The summed E-state index contributed by atoms with van der Waals surface area (Å²) < 4.78 is 0. The van der Waals surface area contributed by atoms with Crippen LogP contribution < -0.4 is 5.73 Å². The van der Waals surface area contributed by atoms with Crippen molar-refractivity contribution >= 4 is 28.8 Å². The first kappa shape index (κ1) is 14.6. The summed E-state index contributed by atoms with van der Waals surface area (Å²) in [5.41, 5.74) is 8.82. The summed E-state index contributed by atoms with van der Waals surface area (Å²) in [4.78, 5) is 33.9. The molecule has 0 spiro atoms. The molecule has 0 aliphatic heterocycles. The molecule has 0 unspecified atom stereocenters. The Hall–Kier alpha value is -3.28. The molecule has 0 aliphatic carbocycles. The molecule has 0 radical (unpaired) electrons. The number of primary amides is 1. The van der Waals surface area contributed by atoms with Crippen molar-refractivity contribution in [3.8, 4) is 11.1 Å². The van der Waals surface area contributed by atoms with Crippen molar-refractivity contribution in [2.75, 3.05) is 0 Å². The number of rotatable bonds is 4. The van der Waals surface area contributed by atoms with Gasteiger partial charge in [0.25, 0.3) is 0 Å². The van der Waals surface area contributed by atoms with Crippen LogP contribution in [0.4, 0.5) is 0 Å². The second-order valence-corrected chi connectivity index (χ2v) is 5.12. The summed E-state index contributed by atoms with van der Waals surface area (Å²) in [5.74, 6) is -0.554. The molecule has 0 aliphatic rings. The van der Waals surface area contributed by atoms with Gasteiger partial charge in [0.15, 0.2) is 5.78 Å². The molecule has 3 N–H and O–H groups in total. The van der Waals surface area contributed by atoms with Gasteiger partial charge in [-0.05, 0) is 25.1 Å². The van der Waals surface area contributed by atoms with Crippen molar-refractivity contribution in [2.45, 2.75) is 6.92 Å². The van der Waals surface area contributed by atoms with Crippen LogP contribution in [0, 0.1) is 0 Å². The van der Waals surface area contributed by atoms with Gasteiger partial charge in [-0.1, -0.05) is 0 Å². The molecule has 0 atom stereocenters. The third-order valence-electron chi connectivity index (χ3n) is 3.47. The van der Waals surface area contributed by atoms with Gasteiger partial charge in [-0.15, -0.1) is 0 Å². The summed E-state index contributed by atoms with van der Waals surface area (Å²) in [7, 11) is 0. The molecule has 3 heterocycles. The molecule has 0 fully saturated rings. The third-order valence-corrected chi connectivity index (χ3v) is 3.47. The van der Waals surface area contributed by atoms with Crippen molar-refractivity contribution in [2.24, 2.45) is 5.73 Å². The molecule has 6 heteroatoms. The molecule has 0 aromatic carbocycles. The fourth-order valence-electron chi connectivity index (χ4n) is 2.28. The second kappa shape index (κ2) is 5.84. The lowest BCUT2D eigenvalue weighted by Crippen LogP contribution is -2.04. The highest BCUT2D eigenvalue weighted by Crippen LogP contribution is 2.25. The quantitative estimate of drug-likeness (QED) is 0.570. The number of pyridine rings is 2. The van der Waals surface area contributed by atoms with Gasteiger partial charge in [0.1, 0.15) is 5.65 Å². The molecule has 0 saturated carbocycles. The Kier molecular flexibility index (Phi) is 3.72. The minimum atomic E-state index is -0.512. The lowest BCUT2D eigenvalue weighted by molar-refractivity contribution is -0.113. The number of ketones is 1. The summed E-state index contributed by atoms with van der Waals surface area (Å²) in [5, 5.41) is 0.855. The number of carbonyl (C=O) groups is 2. The van der Waals surface area contributed by atoms with Crippen LogP contribution in [0.25, 0.3) is 28.2 Å². The summed E-state index contributed by atoms with van der Waals surface area (Å²) in [6, 6.07) is 3.71. The molecule has 23 heavy (non-hydrogen) atoms. The lowest BCUT2D eigenvalue weighted by Gasteiger charge is -2.03. The topological polar surface area (TPSA) is 102 Å². The van der Waals surface area contributed by atoms with Gasteiger partial charge in [-0.2, -0.15) is 0 Å². The zero-order valence-electron chi connectivity index (χ0n) is 12.4. The van der Waals surface area contributed by atoms with E-state index in [1.54, 1.807) is 30.7 Å². The molecule has 3 aromatic rings. The van der Waals surface area contributed by atoms with Gasteiger partial charge in [-0.3, -0.25) is 14.6 Å². The molecule has 1 amide bonds. The van der Waals surface area contributed by atoms with Crippen LogP contribution in [0.15, 0.2) is 43.0 Å². The van der Waals surface area contributed by atoms with E-state index in [0.29, 0.717) is 11.2 Å². The Labute approximate surface area is 132 Å². The normalized spacial score (nSPS) is 11.2. The van der Waals surface area contributed by atoms with Crippen LogP contribution in [0.1, 0.15) is 22.8 Å². The van der Waals surface area contributed by atoms with Crippen LogP contribution in [0.3, 0.4) is 0 Å². The predicted molar refractivity (Wildman–Crippen MR) is 87.6 cm³/mol. The number of aromatic amines is 1. The summed E-state index contributed by atoms with van der Waals surface area (Å²) >= 11 is 0. The summed E-state index contributed by atoms with van der Waals surface area (Å²) in [6.45, 7) is 1.50. The number of Topliss-reactive ketones (excluding diaryl/α,β-unsaturated/α-hetero) is 1. The highest BCUT2D eigenvalue weighted by molar-refractivity contribution is 5.97. The van der Waals surface area contributed by atoms with Gasteiger partial charge in [-0.25, -0.2) is 4.98 Å². The third kappa shape index (κ3) is 3.01. The van der Waals surface area contributed by atoms with E-state index in [1.165, 1.54) is 19.2 Å². The average Bonchev–Trinajstić information content (AvgIpc) is 2.95. The minimum absolute atomic E-state index is 0.0416. The molecule has 6 nitrogen and oxygen atoms in total. The Bertz CT molecular complexity index is 941. The van der Waals surface area contributed by atoms with Crippen molar-refractivity contribution in [1.29, 1.82) is 0 Å². The number of hydrogen-bond donors (Lipinski definition) is 2. The Morgan fingerprint density at radius 1 is 1.17 bits per heavy atom. The average molecular weight is 306 g/mol. The first-order valence-corrected chi connectivity index (χ1v) is 6.95. The van der Waals surface area contributed by atoms with Crippen LogP contribution in [0.5, 0.6) is 0 Å². The van der Waals surface area contributed by atoms with Crippen LogP contribution in [0.2, 0.25) is 0 Å². The van der Waals surface area contributed by atoms with E-state index in [9.17, 15) is 9.59 Å². The van der Waals surface area contributed by atoms with E-state index in [1.807, 2.05) is 6.07 Å². The minimum Gasteiger partial charge on any atom is -0.366 e. The largest absolute Gasteiger partial charge is 0.366 e. The number of carbonyl (C=O) groups excluding carboxylic acids is 2. The molecule has 3 aromatic heterocycles. The number of hydrogen-bond acceptors (Lipinski definition) is 4. The van der Waals surface area contributed by atoms with E-state index in [-0.39, 0.29) is 5.78 Å². The fourth-order valence-corrected chi connectivity index (χ4v) is 2.28. The monoisotopic (exact) mass is 306 g/mol. The maximum atomic E-state index is 11.5. The van der Waals surface area contributed by atoms with Gasteiger partial charge >= 0.3 is 0 Å². The molecular formula is C17H14N4O2. The van der Waals surface area contributed by atoms with Crippen molar-refractivity contribution in [3.05, 3.63) is 54.1 Å². The number of aromatic nitrogens is 3. The van der Waals surface area contributed by atoms with Gasteiger partial charge in [0.2, 0.25) is 5.91 Å². The number of fused-ring (bicyclic) bond motifs is 1. The lowest BCUT2D eigenvalue weighted by atomic mass is 10.0. The zero-order valence-corrected chi connectivity index (χ0v) is 12.4. The number of amides is 1. The smallest absolute Gasteiger partial charge is 0.241 e. The number of nitrogens with two attached hydrogens (primary N) is 1. The van der Waals surface area contributed by atoms with Crippen LogP contribution in [-0.2, 0) is 4.79 Å². The highest BCUT2D eigenvalue weighted by atomic mass is 16.1. The van der Waals surface area contributed by atoms with E-state index in [4.69, 9.17) is 5.73 Å². The maximum absolute atomic E-state index is 11.5. The maximum Gasteiger partial charge on any atom is 0.241 e. The number of nitrogens with one attached hydrogen (secondary N) is 1. The highest BCUT2D eigenvalue weighted by Gasteiger charge is 2.08. The molecule has 3 rings (SSSR count). The van der Waals surface area contributed by atoms with Crippen molar-refractivity contribution in [3.63, 3.8) is 0 Å². The standard InChI is InChI=1S/C17H14N4O2/c1-10(22)12-4-13(7-19-6-12)14-5-15-11(2-3-16(18)23)8-20-17(15)21-9-14/h2-9H,1H3,(H2,18,23)(H,20,21). The Morgan fingerprint density at radius 3 is 2.70 bits per heavy atom. The van der Waals surface area contributed by atoms with Gasteiger partial charge < -0.3 is 10.7 Å².